The van der Waals surface area contributed by atoms with Crippen LogP contribution in [-0.4, -0.2) is 0 Å². The van der Waals surface area contributed by atoms with E-state index in [-0.39, 0.29) is 5.41 Å². The van der Waals surface area contributed by atoms with Gasteiger partial charge in [0.1, 0.15) is 0 Å². The van der Waals surface area contributed by atoms with Crippen molar-refractivity contribution in [2.45, 2.75) is 19.3 Å². The molecule has 0 amide bonds. The number of halogens is 1. The third-order valence-electron chi connectivity index (χ3n) is 8.08. The van der Waals surface area contributed by atoms with Crippen molar-refractivity contribution < 1.29 is 0 Å². The summed E-state index contributed by atoms with van der Waals surface area (Å²) in [6.07, 6.45) is 0. The highest BCUT2D eigenvalue weighted by molar-refractivity contribution is 9.10. The minimum absolute atomic E-state index is 0.144. The normalized spacial score (nSPS) is 13.2. The van der Waals surface area contributed by atoms with E-state index in [0.717, 1.165) is 10.2 Å². The summed E-state index contributed by atoms with van der Waals surface area (Å²) in [7, 11) is 0. The van der Waals surface area contributed by atoms with Gasteiger partial charge in [-0.2, -0.15) is 0 Å². The van der Waals surface area contributed by atoms with E-state index in [2.05, 4.69) is 168 Å². The fraction of sp³-hybridized carbons (Fsp3) is 0.0811. The van der Waals surface area contributed by atoms with Gasteiger partial charge >= 0.3 is 0 Å². The van der Waals surface area contributed by atoms with Crippen molar-refractivity contribution in [1.82, 2.24) is 0 Å². The summed E-state index contributed by atoms with van der Waals surface area (Å²) in [4.78, 5) is 2.45. The van der Waals surface area contributed by atoms with Crippen LogP contribution in [0, 0.1) is 0 Å². The van der Waals surface area contributed by atoms with Crippen molar-refractivity contribution in [1.29, 1.82) is 0 Å². The smallest absolute Gasteiger partial charge is 0.0540 e. The molecule has 0 aromatic heterocycles. The van der Waals surface area contributed by atoms with E-state index < -0.39 is 0 Å². The average molecular weight is 567 g/mol. The molecule has 1 aliphatic rings. The number of nitrogens with zero attached hydrogens (tertiary/aromatic N) is 1. The van der Waals surface area contributed by atoms with Gasteiger partial charge in [-0.15, -0.1) is 0 Å². The zero-order valence-corrected chi connectivity index (χ0v) is 23.6. The molecule has 0 aliphatic heterocycles. The van der Waals surface area contributed by atoms with Crippen molar-refractivity contribution >= 4 is 43.8 Å². The first-order valence-electron chi connectivity index (χ1n) is 13.4. The van der Waals surface area contributed by atoms with E-state index >= 15 is 0 Å². The van der Waals surface area contributed by atoms with Gasteiger partial charge in [0.15, 0.2) is 0 Å². The monoisotopic (exact) mass is 565 g/mol. The van der Waals surface area contributed by atoms with Crippen LogP contribution in [0.3, 0.4) is 0 Å². The lowest BCUT2D eigenvalue weighted by Gasteiger charge is -2.33. The average Bonchev–Trinajstić information content (AvgIpc) is 3.20. The van der Waals surface area contributed by atoms with Gasteiger partial charge < -0.3 is 4.90 Å². The van der Waals surface area contributed by atoms with Gasteiger partial charge in [-0.1, -0.05) is 133 Å². The number of anilines is 3. The summed E-state index contributed by atoms with van der Waals surface area (Å²) in [5, 5.41) is 2.47. The fourth-order valence-corrected chi connectivity index (χ4v) is 6.81. The van der Waals surface area contributed by atoms with Crippen molar-refractivity contribution in [2.24, 2.45) is 0 Å². The van der Waals surface area contributed by atoms with Crippen LogP contribution in [0.15, 0.2) is 138 Å². The highest BCUT2D eigenvalue weighted by atomic mass is 79.9. The minimum atomic E-state index is -0.144. The van der Waals surface area contributed by atoms with Gasteiger partial charge in [0.05, 0.1) is 11.4 Å². The lowest BCUT2D eigenvalue weighted by atomic mass is 9.81. The number of benzene rings is 6. The molecular weight excluding hydrogens is 538 g/mol. The van der Waals surface area contributed by atoms with Crippen LogP contribution in [0.25, 0.3) is 33.0 Å². The second-order valence-corrected chi connectivity index (χ2v) is 11.6. The van der Waals surface area contributed by atoms with E-state index in [4.69, 9.17) is 0 Å². The van der Waals surface area contributed by atoms with Gasteiger partial charge in [0.25, 0.3) is 0 Å². The SMILES string of the molecule is CC1(C)c2ccccc2-c2cc(Br)cc(N(c3ccccc3)c3ccc(-c4ccccc4)c4ccccc34)c21. The predicted octanol–water partition coefficient (Wildman–Crippen LogP) is 11.0. The summed E-state index contributed by atoms with van der Waals surface area (Å²) in [5.74, 6) is 0. The van der Waals surface area contributed by atoms with Crippen molar-refractivity contribution in [3.8, 4) is 22.3 Å². The maximum absolute atomic E-state index is 3.88. The van der Waals surface area contributed by atoms with E-state index in [1.807, 2.05) is 0 Å². The van der Waals surface area contributed by atoms with E-state index in [0.29, 0.717) is 0 Å². The van der Waals surface area contributed by atoms with Gasteiger partial charge in [-0.05, 0) is 69.1 Å². The Hall–Kier alpha value is -4.14. The van der Waals surface area contributed by atoms with Crippen molar-refractivity contribution in [2.75, 3.05) is 4.90 Å². The minimum Gasteiger partial charge on any atom is -0.310 e. The molecule has 1 nitrogen and oxygen atoms in total. The summed E-state index contributed by atoms with van der Waals surface area (Å²) in [6, 6.07) is 48.2. The number of hydrogen-bond donors (Lipinski definition) is 0. The number of rotatable bonds is 4. The van der Waals surface area contributed by atoms with Crippen LogP contribution in [0.2, 0.25) is 0 Å². The summed E-state index contributed by atoms with van der Waals surface area (Å²) < 4.78 is 1.08. The van der Waals surface area contributed by atoms with Gasteiger partial charge in [0.2, 0.25) is 0 Å². The van der Waals surface area contributed by atoms with E-state index in [9.17, 15) is 0 Å². The lowest BCUT2D eigenvalue weighted by Crippen LogP contribution is -2.21. The van der Waals surface area contributed by atoms with E-state index in [1.165, 1.54) is 55.5 Å². The molecular formula is C37H28BrN. The van der Waals surface area contributed by atoms with Crippen molar-refractivity contribution in [3.63, 3.8) is 0 Å². The maximum Gasteiger partial charge on any atom is 0.0540 e. The standard InChI is InChI=1S/C37H28BrN/c1-37(2)33-20-12-11-18-30(33)32-23-26(38)24-35(36(32)37)39(27-15-7-4-8-16-27)34-22-21-28(25-13-5-3-6-14-25)29-17-9-10-19-31(29)34/h3-24H,1-2H3. The molecule has 0 N–H and O–H groups in total. The highest BCUT2D eigenvalue weighted by Crippen LogP contribution is 2.55. The maximum atomic E-state index is 3.88. The van der Waals surface area contributed by atoms with Crippen LogP contribution < -0.4 is 4.90 Å². The summed E-state index contributed by atoms with van der Waals surface area (Å²) in [6.45, 7) is 4.71. The van der Waals surface area contributed by atoms with Crippen LogP contribution in [0.5, 0.6) is 0 Å². The molecule has 2 heteroatoms. The van der Waals surface area contributed by atoms with Crippen LogP contribution in [-0.2, 0) is 5.41 Å². The third kappa shape index (κ3) is 3.82. The fourth-order valence-electron chi connectivity index (χ4n) is 6.37. The molecule has 0 bridgehead atoms. The predicted molar refractivity (Wildman–Crippen MR) is 169 cm³/mol. The molecule has 188 valence electrons. The molecule has 7 rings (SSSR count). The molecule has 0 radical (unpaired) electrons. The zero-order chi connectivity index (χ0) is 26.6. The van der Waals surface area contributed by atoms with Gasteiger partial charge in [0, 0.05) is 21.0 Å². The zero-order valence-electron chi connectivity index (χ0n) is 22.0. The Balaban J connectivity index is 1.55. The largest absolute Gasteiger partial charge is 0.310 e. The molecule has 0 saturated heterocycles. The Morgan fingerprint density at radius 1 is 0.538 bits per heavy atom. The quantitative estimate of drug-likeness (QED) is 0.205. The molecule has 6 aromatic carbocycles. The number of fused-ring (bicyclic) bond motifs is 4. The first-order valence-corrected chi connectivity index (χ1v) is 14.2. The molecule has 0 heterocycles. The molecule has 0 atom stereocenters. The molecule has 39 heavy (non-hydrogen) atoms. The van der Waals surface area contributed by atoms with E-state index in [1.54, 1.807) is 0 Å². The molecule has 0 unspecified atom stereocenters. The second-order valence-electron chi connectivity index (χ2n) is 10.7. The Morgan fingerprint density at radius 2 is 1.18 bits per heavy atom. The highest BCUT2D eigenvalue weighted by Gasteiger charge is 2.39. The molecule has 6 aromatic rings. The Kier molecular flexibility index (Phi) is 5.68. The second kappa shape index (κ2) is 9.25. The van der Waals surface area contributed by atoms with Crippen molar-refractivity contribution in [3.05, 3.63) is 149 Å². The first-order chi connectivity index (χ1) is 19.0. The third-order valence-corrected chi connectivity index (χ3v) is 8.54. The Bertz CT molecular complexity index is 1840. The number of para-hydroxylation sites is 1. The molecule has 1 aliphatic carbocycles. The molecule has 0 saturated carbocycles. The number of hydrogen-bond acceptors (Lipinski definition) is 1. The summed E-state index contributed by atoms with van der Waals surface area (Å²) >= 11 is 3.88. The van der Waals surface area contributed by atoms with Crippen LogP contribution >= 0.6 is 15.9 Å². The molecule has 0 fully saturated rings. The first kappa shape index (κ1) is 23.9. The van der Waals surface area contributed by atoms with Gasteiger partial charge in [-0.3, -0.25) is 0 Å². The molecule has 0 spiro atoms. The Morgan fingerprint density at radius 3 is 1.95 bits per heavy atom. The Labute approximate surface area is 238 Å². The van der Waals surface area contributed by atoms with Crippen LogP contribution in [0.1, 0.15) is 25.0 Å². The summed E-state index contributed by atoms with van der Waals surface area (Å²) in [5.41, 5.74) is 11.2. The van der Waals surface area contributed by atoms with Crippen LogP contribution in [0.4, 0.5) is 17.1 Å². The lowest BCUT2D eigenvalue weighted by molar-refractivity contribution is 0.660. The van der Waals surface area contributed by atoms with Gasteiger partial charge in [-0.25, -0.2) is 0 Å². The topological polar surface area (TPSA) is 3.24 Å².